The quantitative estimate of drug-likeness (QED) is 0.521. The third-order valence-electron chi connectivity index (χ3n) is 4.30. The number of hydrogen-bond acceptors (Lipinski definition) is 0. The molecule has 106 valence electrons. The Balaban J connectivity index is 2.27. The van der Waals surface area contributed by atoms with Crippen molar-refractivity contribution in [2.45, 2.75) is 32.1 Å². The van der Waals surface area contributed by atoms with E-state index in [1.807, 2.05) is 0 Å². The molecule has 1 fully saturated rings. The van der Waals surface area contributed by atoms with E-state index in [0.29, 0.717) is 10.9 Å². The fraction of sp³-hybridized carbons (Fsp3) is 0.600. The molecule has 0 nitrogen and oxygen atoms in total. The molecule has 1 aliphatic rings. The van der Waals surface area contributed by atoms with E-state index in [0.717, 1.165) is 22.6 Å². The van der Waals surface area contributed by atoms with Gasteiger partial charge in [-0.05, 0) is 54.4 Å². The molecule has 0 unspecified atom stereocenters. The Bertz CT molecular complexity index is 426. The van der Waals surface area contributed by atoms with Gasteiger partial charge in [0.2, 0.25) is 0 Å². The van der Waals surface area contributed by atoms with Crippen molar-refractivity contribution in [1.82, 2.24) is 0 Å². The van der Waals surface area contributed by atoms with Crippen molar-refractivity contribution in [2.24, 2.45) is 11.3 Å². The number of hydrogen-bond donors (Lipinski definition) is 0. The maximum atomic E-state index is 13.4. The maximum Gasteiger partial charge on any atom is 0.123 e. The van der Waals surface area contributed by atoms with Crippen molar-refractivity contribution in [3.8, 4) is 0 Å². The standard InChI is InChI=1S/C15H18Br2ClF/c16-9-15(10-17,12-3-1-2-4-12)8-11-7-13(19)5-6-14(11)18/h5-7,12H,1-4,8-10H2. The van der Waals surface area contributed by atoms with Crippen molar-refractivity contribution >= 4 is 43.5 Å². The van der Waals surface area contributed by atoms with E-state index in [-0.39, 0.29) is 11.2 Å². The van der Waals surface area contributed by atoms with E-state index in [4.69, 9.17) is 11.6 Å². The largest absolute Gasteiger partial charge is 0.207 e. The van der Waals surface area contributed by atoms with Gasteiger partial charge in [0.1, 0.15) is 5.82 Å². The molecule has 0 heterocycles. The number of benzene rings is 1. The molecular formula is C15H18Br2ClF. The monoisotopic (exact) mass is 410 g/mol. The van der Waals surface area contributed by atoms with Crippen LogP contribution in [0.25, 0.3) is 0 Å². The molecule has 1 aliphatic carbocycles. The minimum atomic E-state index is -0.205. The molecule has 1 aromatic carbocycles. The summed E-state index contributed by atoms with van der Waals surface area (Å²) in [5, 5.41) is 2.51. The van der Waals surface area contributed by atoms with Gasteiger partial charge < -0.3 is 0 Å². The average molecular weight is 413 g/mol. The predicted octanol–water partition coefficient (Wildman–Crippen LogP) is 5.99. The van der Waals surface area contributed by atoms with Crippen LogP contribution in [0.5, 0.6) is 0 Å². The minimum absolute atomic E-state index is 0.133. The van der Waals surface area contributed by atoms with Crippen LogP contribution in [0, 0.1) is 17.2 Å². The van der Waals surface area contributed by atoms with Gasteiger partial charge >= 0.3 is 0 Å². The lowest BCUT2D eigenvalue weighted by molar-refractivity contribution is 0.233. The smallest absolute Gasteiger partial charge is 0.123 e. The molecule has 2 rings (SSSR count). The Morgan fingerprint density at radius 3 is 2.42 bits per heavy atom. The highest BCUT2D eigenvalue weighted by Gasteiger charge is 2.39. The summed E-state index contributed by atoms with van der Waals surface area (Å²) in [7, 11) is 0. The summed E-state index contributed by atoms with van der Waals surface area (Å²) in [6, 6.07) is 4.66. The molecular weight excluding hydrogens is 394 g/mol. The molecule has 1 saturated carbocycles. The molecule has 0 N–H and O–H groups in total. The topological polar surface area (TPSA) is 0 Å². The first-order chi connectivity index (χ1) is 9.11. The zero-order valence-electron chi connectivity index (χ0n) is 10.8. The Morgan fingerprint density at radius 1 is 1.21 bits per heavy atom. The molecule has 0 saturated heterocycles. The predicted molar refractivity (Wildman–Crippen MR) is 87.1 cm³/mol. The lowest BCUT2D eigenvalue weighted by Gasteiger charge is -2.37. The Kier molecular flexibility index (Phi) is 5.74. The van der Waals surface area contributed by atoms with Crippen molar-refractivity contribution < 1.29 is 4.39 Å². The summed E-state index contributed by atoms with van der Waals surface area (Å²) in [4.78, 5) is 0. The van der Waals surface area contributed by atoms with Crippen LogP contribution in [0.3, 0.4) is 0 Å². The Labute approximate surface area is 136 Å². The highest BCUT2D eigenvalue weighted by Crippen LogP contribution is 2.45. The van der Waals surface area contributed by atoms with Crippen molar-refractivity contribution in [3.63, 3.8) is 0 Å². The number of alkyl halides is 2. The molecule has 0 atom stereocenters. The second-order valence-electron chi connectivity index (χ2n) is 5.52. The summed E-state index contributed by atoms with van der Waals surface area (Å²) in [6.07, 6.45) is 5.98. The van der Waals surface area contributed by atoms with E-state index in [2.05, 4.69) is 31.9 Å². The first-order valence-electron chi connectivity index (χ1n) is 6.67. The fourth-order valence-electron chi connectivity index (χ4n) is 3.09. The highest BCUT2D eigenvalue weighted by molar-refractivity contribution is 9.09. The van der Waals surface area contributed by atoms with E-state index in [9.17, 15) is 4.39 Å². The number of halogens is 4. The summed E-state index contributed by atoms with van der Waals surface area (Å²) in [5.41, 5.74) is 1.06. The van der Waals surface area contributed by atoms with Gasteiger partial charge in [-0.3, -0.25) is 0 Å². The van der Waals surface area contributed by atoms with Crippen LogP contribution in [0.4, 0.5) is 4.39 Å². The molecule has 0 aliphatic heterocycles. The molecule has 0 bridgehead atoms. The van der Waals surface area contributed by atoms with Gasteiger partial charge in [0, 0.05) is 15.7 Å². The second-order valence-corrected chi connectivity index (χ2v) is 7.05. The van der Waals surface area contributed by atoms with Crippen LogP contribution in [0.15, 0.2) is 18.2 Å². The summed E-state index contributed by atoms with van der Waals surface area (Å²) >= 11 is 13.6. The van der Waals surface area contributed by atoms with E-state index in [1.54, 1.807) is 12.1 Å². The molecule has 0 amide bonds. The maximum absolute atomic E-state index is 13.4. The molecule has 1 aromatic rings. The molecule has 4 heteroatoms. The van der Waals surface area contributed by atoms with Gasteiger partial charge in [-0.25, -0.2) is 4.39 Å². The van der Waals surface area contributed by atoms with Gasteiger partial charge in [0.05, 0.1) is 0 Å². The van der Waals surface area contributed by atoms with Gasteiger partial charge in [-0.15, -0.1) is 0 Å². The zero-order valence-corrected chi connectivity index (χ0v) is 14.7. The summed E-state index contributed by atoms with van der Waals surface area (Å²) < 4.78 is 13.4. The second kappa shape index (κ2) is 6.91. The van der Waals surface area contributed by atoms with E-state index < -0.39 is 0 Å². The van der Waals surface area contributed by atoms with Crippen LogP contribution in [0.2, 0.25) is 5.02 Å². The van der Waals surface area contributed by atoms with E-state index in [1.165, 1.54) is 31.7 Å². The highest BCUT2D eigenvalue weighted by atomic mass is 79.9. The Hall–Kier alpha value is 0.400. The first-order valence-corrected chi connectivity index (χ1v) is 9.29. The zero-order chi connectivity index (χ0) is 13.9. The summed E-state index contributed by atoms with van der Waals surface area (Å²) in [6.45, 7) is 0. The van der Waals surface area contributed by atoms with Gasteiger partial charge in [0.15, 0.2) is 0 Å². The van der Waals surface area contributed by atoms with Crippen LogP contribution < -0.4 is 0 Å². The van der Waals surface area contributed by atoms with Crippen LogP contribution in [-0.2, 0) is 6.42 Å². The van der Waals surface area contributed by atoms with Crippen molar-refractivity contribution in [2.75, 3.05) is 10.7 Å². The Morgan fingerprint density at radius 2 is 1.84 bits per heavy atom. The minimum Gasteiger partial charge on any atom is -0.207 e. The third kappa shape index (κ3) is 3.54. The average Bonchev–Trinajstić information content (AvgIpc) is 2.94. The first kappa shape index (κ1) is 15.8. The molecule has 0 aromatic heterocycles. The van der Waals surface area contributed by atoms with Crippen LogP contribution in [-0.4, -0.2) is 10.7 Å². The van der Waals surface area contributed by atoms with Gasteiger partial charge in [-0.1, -0.05) is 56.3 Å². The van der Waals surface area contributed by atoms with Crippen LogP contribution in [0.1, 0.15) is 31.2 Å². The molecule has 0 spiro atoms. The normalized spacial score (nSPS) is 17.1. The van der Waals surface area contributed by atoms with E-state index >= 15 is 0 Å². The lowest BCUT2D eigenvalue weighted by atomic mass is 9.73. The van der Waals surface area contributed by atoms with Crippen molar-refractivity contribution in [3.05, 3.63) is 34.6 Å². The number of rotatable bonds is 5. The summed E-state index contributed by atoms with van der Waals surface area (Å²) in [5.74, 6) is 0.481. The molecule has 19 heavy (non-hydrogen) atoms. The fourth-order valence-corrected chi connectivity index (χ4v) is 5.51. The third-order valence-corrected chi connectivity index (χ3v) is 6.91. The van der Waals surface area contributed by atoms with Gasteiger partial charge in [0.25, 0.3) is 0 Å². The lowest BCUT2D eigenvalue weighted by Crippen LogP contribution is -2.35. The van der Waals surface area contributed by atoms with Gasteiger partial charge in [-0.2, -0.15) is 0 Å². The molecule has 0 radical (unpaired) electrons. The SMILES string of the molecule is Fc1ccc(Cl)c(CC(CBr)(CBr)C2CCCC2)c1. The van der Waals surface area contributed by atoms with Crippen molar-refractivity contribution in [1.29, 1.82) is 0 Å². The van der Waals surface area contributed by atoms with Crippen LogP contribution >= 0.6 is 43.5 Å².